The van der Waals surface area contributed by atoms with Crippen LogP contribution < -0.4 is 5.32 Å². The summed E-state index contributed by atoms with van der Waals surface area (Å²) in [6, 6.07) is 0.819. The van der Waals surface area contributed by atoms with E-state index < -0.39 is 0 Å². The molecule has 3 atom stereocenters. The van der Waals surface area contributed by atoms with Crippen molar-refractivity contribution >= 4 is 12.2 Å². The molecular formula is C12H21N3O. The Morgan fingerprint density at radius 3 is 2.88 bits per heavy atom. The normalized spacial score (nSPS) is 32.0. The van der Waals surface area contributed by atoms with Gasteiger partial charge in [0.05, 0.1) is 18.4 Å². The number of carbonyl (C=O) groups is 1. The van der Waals surface area contributed by atoms with Crippen molar-refractivity contribution in [3.8, 4) is 0 Å². The third kappa shape index (κ3) is 2.06. The highest BCUT2D eigenvalue weighted by molar-refractivity contribution is 5.79. The minimum absolute atomic E-state index is 0.204. The first-order valence-electron chi connectivity index (χ1n) is 6.32. The van der Waals surface area contributed by atoms with Gasteiger partial charge in [0, 0.05) is 19.0 Å². The molecule has 0 aromatic carbocycles. The van der Waals surface area contributed by atoms with Crippen LogP contribution in [0.2, 0.25) is 0 Å². The van der Waals surface area contributed by atoms with E-state index in [1.54, 1.807) is 6.34 Å². The van der Waals surface area contributed by atoms with E-state index in [2.05, 4.69) is 10.3 Å². The molecule has 1 N–H and O–H groups in total. The van der Waals surface area contributed by atoms with Gasteiger partial charge in [-0.1, -0.05) is 0 Å². The number of hydrogen-bond donors (Lipinski definition) is 1. The fraction of sp³-hybridized carbons (Fsp3) is 0.833. The number of fused-ring (bicyclic) bond motifs is 1. The molecule has 1 aliphatic carbocycles. The second kappa shape index (κ2) is 4.85. The minimum atomic E-state index is 0.204. The van der Waals surface area contributed by atoms with Crippen LogP contribution in [-0.4, -0.2) is 42.3 Å². The molecular weight excluding hydrogens is 202 g/mol. The van der Waals surface area contributed by atoms with E-state index in [0.29, 0.717) is 18.0 Å². The summed E-state index contributed by atoms with van der Waals surface area (Å²) in [4.78, 5) is 18.5. The van der Waals surface area contributed by atoms with Gasteiger partial charge in [-0.2, -0.15) is 0 Å². The summed E-state index contributed by atoms with van der Waals surface area (Å²) in [5, 5.41) is 3.26. The van der Waals surface area contributed by atoms with E-state index in [1.807, 2.05) is 18.7 Å². The highest BCUT2D eigenvalue weighted by atomic mass is 16.2. The number of carbonyl (C=O) groups excluding carboxylic acids is 1. The van der Waals surface area contributed by atoms with Crippen LogP contribution in [0.5, 0.6) is 0 Å². The Bertz CT molecular complexity index is 286. The molecule has 1 saturated carbocycles. The second-order valence-corrected chi connectivity index (χ2v) is 4.64. The fourth-order valence-electron chi connectivity index (χ4n) is 2.76. The van der Waals surface area contributed by atoms with Crippen LogP contribution in [0.25, 0.3) is 0 Å². The van der Waals surface area contributed by atoms with Crippen LogP contribution in [0.3, 0.4) is 0 Å². The molecule has 0 bridgehead atoms. The van der Waals surface area contributed by atoms with Crippen LogP contribution >= 0.6 is 0 Å². The topological polar surface area (TPSA) is 44.7 Å². The van der Waals surface area contributed by atoms with Gasteiger partial charge < -0.3 is 10.2 Å². The summed E-state index contributed by atoms with van der Waals surface area (Å²) < 4.78 is 0. The van der Waals surface area contributed by atoms with Crippen molar-refractivity contribution in [2.24, 2.45) is 10.9 Å². The van der Waals surface area contributed by atoms with E-state index in [4.69, 9.17) is 0 Å². The van der Waals surface area contributed by atoms with Crippen LogP contribution in [-0.2, 0) is 4.79 Å². The van der Waals surface area contributed by atoms with Gasteiger partial charge in [-0.15, -0.1) is 0 Å². The SMILES string of the molecule is CCN(CC)C(=O)C1CCC2N=CNC2C1. The number of nitrogens with one attached hydrogen (secondary N) is 1. The lowest BCUT2D eigenvalue weighted by Crippen LogP contribution is -2.44. The zero-order valence-corrected chi connectivity index (χ0v) is 10.1. The lowest BCUT2D eigenvalue weighted by molar-refractivity contribution is -0.136. The van der Waals surface area contributed by atoms with Gasteiger partial charge in [0.25, 0.3) is 0 Å². The Hall–Kier alpha value is -1.06. The summed E-state index contributed by atoms with van der Waals surface area (Å²) in [5.74, 6) is 0.535. The average molecular weight is 223 g/mol. The zero-order valence-electron chi connectivity index (χ0n) is 10.1. The molecule has 1 amide bonds. The van der Waals surface area contributed by atoms with Gasteiger partial charge >= 0.3 is 0 Å². The predicted molar refractivity (Wildman–Crippen MR) is 64.5 cm³/mol. The van der Waals surface area contributed by atoms with Gasteiger partial charge in [-0.05, 0) is 33.1 Å². The van der Waals surface area contributed by atoms with Crippen molar-refractivity contribution in [1.82, 2.24) is 10.2 Å². The van der Waals surface area contributed by atoms with E-state index in [0.717, 1.165) is 32.4 Å². The second-order valence-electron chi connectivity index (χ2n) is 4.64. The van der Waals surface area contributed by atoms with Crippen molar-refractivity contribution in [2.75, 3.05) is 13.1 Å². The van der Waals surface area contributed by atoms with Crippen molar-refractivity contribution < 1.29 is 4.79 Å². The molecule has 0 radical (unpaired) electrons. The number of aliphatic imine (C=N–C) groups is 1. The molecule has 1 fully saturated rings. The minimum Gasteiger partial charge on any atom is -0.372 e. The Balaban J connectivity index is 1.93. The van der Waals surface area contributed by atoms with E-state index >= 15 is 0 Å². The molecule has 0 spiro atoms. The summed E-state index contributed by atoms with van der Waals surface area (Å²) in [5.41, 5.74) is 0. The van der Waals surface area contributed by atoms with Crippen molar-refractivity contribution in [2.45, 2.75) is 45.2 Å². The van der Waals surface area contributed by atoms with Gasteiger partial charge in [0.15, 0.2) is 0 Å². The van der Waals surface area contributed by atoms with Crippen LogP contribution in [0, 0.1) is 5.92 Å². The maximum Gasteiger partial charge on any atom is 0.225 e. The number of nitrogens with zero attached hydrogens (tertiary/aromatic N) is 2. The predicted octanol–water partition coefficient (Wildman–Crippen LogP) is 1.02. The lowest BCUT2D eigenvalue weighted by Gasteiger charge is -2.32. The third-order valence-corrected chi connectivity index (χ3v) is 3.79. The first-order valence-corrected chi connectivity index (χ1v) is 6.32. The Kier molecular flexibility index (Phi) is 3.46. The van der Waals surface area contributed by atoms with Crippen LogP contribution in [0.4, 0.5) is 0 Å². The van der Waals surface area contributed by atoms with Crippen molar-refractivity contribution in [3.63, 3.8) is 0 Å². The Morgan fingerprint density at radius 2 is 2.19 bits per heavy atom. The fourth-order valence-corrected chi connectivity index (χ4v) is 2.76. The maximum atomic E-state index is 12.2. The third-order valence-electron chi connectivity index (χ3n) is 3.79. The first-order chi connectivity index (χ1) is 7.76. The number of hydrogen-bond acceptors (Lipinski definition) is 3. The molecule has 1 aliphatic heterocycles. The molecule has 4 heteroatoms. The maximum absolute atomic E-state index is 12.2. The highest BCUT2D eigenvalue weighted by Gasteiger charge is 2.36. The largest absolute Gasteiger partial charge is 0.372 e. The molecule has 4 nitrogen and oxygen atoms in total. The van der Waals surface area contributed by atoms with Gasteiger partial charge in [0.2, 0.25) is 5.91 Å². The van der Waals surface area contributed by atoms with Crippen molar-refractivity contribution in [3.05, 3.63) is 0 Å². The Morgan fingerprint density at radius 1 is 1.44 bits per heavy atom. The molecule has 0 aromatic rings. The van der Waals surface area contributed by atoms with E-state index in [9.17, 15) is 4.79 Å². The zero-order chi connectivity index (χ0) is 11.5. The van der Waals surface area contributed by atoms with E-state index in [-0.39, 0.29) is 5.92 Å². The first kappa shape index (κ1) is 11.4. The Labute approximate surface area is 97.1 Å². The molecule has 16 heavy (non-hydrogen) atoms. The summed E-state index contributed by atoms with van der Waals surface area (Å²) >= 11 is 0. The molecule has 2 aliphatic rings. The smallest absolute Gasteiger partial charge is 0.225 e. The monoisotopic (exact) mass is 223 g/mol. The molecule has 0 aromatic heterocycles. The average Bonchev–Trinajstić information content (AvgIpc) is 2.77. The van der Waals surface area contributed by atoms with Gasteiger partial charge in [-0.3, -0.25) is 9.79 Å². The van der Waals surface area contributed by atoms with Crippen LogP contribution in [0.1, 0.15) is 33.1 Å². The molecule has 2 rings (SSSR count). The summed E-state index contributed by atoms with van der Waals surface area (Å²) in [7, 11) is 0. The number of rotatable bonds is 3. The molecule has 1 heterocycles. The van der Waals surface area contributed by atoms with E-state index in [1.165, 1.54) is 0 Å². The van der Waals surface area contributed by atoms with Crippen LogP contribution in [0.15, 0.2) is 4.99 Å². The summed E-state index contributed by atoms with van der Waals surface area (Å²) in [6.07, 6.45) is 4.79. The molecule has 90 valence electrons. The quantitative estimate of drug-likeness (QED) is 0.776. The summed E-state index contributed by atoms with van der Waals surface area (Å²) in [6.45, 7) is 5.74. The number of amides is 1. The van der Waals surface area contributed by atoms with Gasteiger partial charge in [-0.25, -0.2) is 0 Å². The van der Waals surface area contributed by atoms with Gasteiger partial charge in [0.1, 0.15) is 0 Å². The molecule has 3 unspecified atom stereocenters. The van der Waals surface area contributed by atoms with Crippen molar-refractivity contribution in [1.29, 1.82) is 0 Å². The molecule has 0 saturated heterocycles. The highest BCUT2D eigenvalue weighted by Crippen LogP contribution is 2.29. The standard InChI is InChI=1S/C12H21N3O/c1-3-15(4-2)12(16)9-5-6-10-11(7-9)14-8-13-10/h8-11H,3-7H2,1-2H3,(H,13,14). The lowest BCUT2D eigenvalue weighted by atomic mass is 9.82.